The number of rotatable bonds is 1. The van der Waals surface area contributed by atoms with Gasteiger partial charge in [-0.2, -0.15) is 0 Å². The van der Waals surface area contributed by atoms with Crippen LogP contribution in [0.25, 0.3) is 0 Å². The molecule has 0 heterocycles. The highest BCUT2D eigenvalue weighted by molar-refractivity contribution is 5.42. The van der Waals surface area contributed by atoms with Crippen LogP contribution in [0.5, 0.6) is 0 Å². The molecule has 3 atom stereocenters. The number of hydrogen-bond donors (Lipinski definition) is 1. The van der Waals surface area contributed by atoms with Crippen molar-refractivity contribution < 1.29 is 0 Å². The number of anilines is 1. The Hall–Kier alpha value is -0.980. The fourth-order valence-electron chi connectivity index (χ4n) is 2.95. The molecule has 1 nitrogen and oxygen atoms in total. The Kier molecular flexibility index (Phi) is 2.99. The van der Waals surface area contributed by atoms with Crippen molar-refractivity contribution in [2.45, 2.75) is 39.0 Å². The lowest BCUT2D eigenvalue weighted by Gasteiger charge is -2.33. The van der Waals surface area contributed by atoms with E-state index in [1.165, 1.54) is 24.8 Å². The second kappa shape index (κ2) is 4.26. The molecule has 0 aromatic heterocycles. The van der Waals surface area contributed by atoms with Crippen LogP contribution in [-0.2, 0) is 0 Å². The van der Waals surface area contributed by atoms with E-state index in [0.717, 1.165) is 23.4 Å². The summed E-state index contributed by atoms with van der Waals surface area (Å²) in [4.78, 5) is 0. The highest BCUT2D eigenvalue weighted by atomic mass is 14.5. The van der Waals surface area contributed by atoms with Crippen molar-refractivity contribution in [1.82, 2.24) is 0 Å². The SMILES string of the molecule is C[C@@H]1CC[C@@H](c2cccc(N)c2)[C@H](C)C1. The van der Waals surface area contributed by atoms with Crippen LogP contribution in [0, 0.1) is 11.8 Å². The van der Waals surface area contributed by atoms with Gasteiger partial charge < -0.3 is 5.73 Å². The predicted octanol–water partition coefficient (Wildman–Crippen LogP) is 3.81. The largest absolute Gasteiger partial charge is 0.399 e. The summed E-state index contributed by atoms with van der Waals surface area (Å²) in [6, 6.07) is 8.43. The summed E-state index contributed by atoms with van der Waals surface area (Å²) >= 11 is 0. The third-order valence-corrected chi connectivity index (χ3v) is 3.77. The van der Waals surface area contributed by atoms with E-state index in [4.69, 9.17) is 5.73 Å². The summed E-state index contributed by atoms with van der Waals surface area (Å²) < 4.78 is 0. The van der Waals surface area contributed by atoms with Crippen LogP contribution >= 0.6 is 0 Å². The second-order valence-corrected chi connectivity index (χ2v) is 5.17. The first-order chi connectivity index (χ1) is 7.16. The molecule has 0 saturated heterocycles. The average Bonchev–Trinajstić information content (AvgIpc) is 2.17. The summed E-state index contributed by atoms with van der Waals surface area (Å²) in [5.41, 5.74) is 8.18. The number of nitrogen functional groups attached to an aromatic ring is 1. The van der Waals surface area contributed by atoms with Gasteiger partial charge in [0.05, 0.1) is 0 Å². The molecule has 15 heavy (non-hydrogen) atoms. The van der Waals surface area contributed by atoms with Crippen LogP contribution in [0.1, 0.15) is 44.6 Å². The van der Waals surface area contributed by atoms with Gasteiger partial charge in [0, 0.05) is 5.69 Å². The van der Waals surface area contributed by atoms with Crippen molar-refractivity contribution in [3.05, 3.63) is 29.8 Å². The zero-order valence-corrected chi connectivity index (χ0v) is 9.74. The third-order valence-electron chi connectivity index (χ3n) is 3.77. The van der Waals surface area contributed by atoms with Crippen LogP contribution in [0.2, 0.25) is 0 Å². The number of nitrogens with two attached hydrogens (primary N) is 1. The fraction of sp³-hybridized carbons (Fsp3) is 0.571. The predicted molar refractivity (Wildman–Crippen MR) is 65.8 cm³/mol. The van der Waals surface area contributed by atoms with Crippen LogP contribution in [-0.4, -0.2) is 0 Å². The van der Waals surface area contributed by atoms with E-state index in [9.17, 15) is 0 Å². The van der Waals surface area contributed by atoms with Crippen molar-refractivity contribution in [1.29, 1.82) is 0 Å². The summed E-state index contributed by atoms with van der Waals surface area (Å²) in [7, 11) is 0. The van der Waals surface area contributed by atoms with Gasteiger partial charge in [-0.3, -0.25) is 0 Å². The molecule has 1 aliphatic carbocycles. The monoisotopic (exact) mass is 203 g/mol. The van der Waals surface area contributed by atoms with Gasteiger partial charge in [-0.25, -0.2) is 0 Å². The van der Waals surface area contributed by atoms with Gasteiger partial charge in [0.1, 0.15) is 0 Å². The smallest absolute Gasteiger partial charge is 0.0316 e. The lowest BCUT2D eigenvalue weighted by Crippen LogP contribution is -2.19. The first kappa shape index (κ1) is 10.5. The lowest BCUT2D eigenvalue weighted by molar-refractivity contribution is 0.262. The molecule has 1 saturated carbocycles. The molecule has 0 radical (unpaired) electrons. The standard InChI is InChI=1S/C14H21N/c1-10-6-7-14(11(2)8-10)12-4-3-5-13(15)9-12/h3-5,9-11,14H,6-8,15H2,1-2H3/t10-,11-,14-/m1/s1. The molecule has 2 rings (SSSR count). The van der Waals surface area contributed by atoms with Gasteiger partial charge in [0.15, 0.2) is 0 Å². The molecule has 1 fully saturated rings. The quantitative estimate of drug-likeness (QED) is 0.690. The number of benzene rings is 1. The second-order valence-electron chi connectivity index (χ2n) is 5.17. The van der Waals surface area contributed by atoms with Crippen LogP contribution < -0.4 is 5.73 Å². The maximum Gasteiger partial charge on any atom is 0.0316 e. The van der Waals surface area contributed by atoms with Gasteiger partial charge in [-0.15, -0.1) is 0 Å². The van der Waals surface area contributed by atoms with Gasteiger partial charge in [0.25, 0.3) is 0 Å². The molecule has 2 N–H and O–H groups in total. The van der Waals surface area contributed by atoms with Crippen LogP contribution in [0.4, 0.5) is 5.69 Å². The topological polar surface area (TPSA) is 26.0 Å². The molecular formula is C14H21N. The first-order valence-corrected chi connectivity index (χ1v) is 6.02. The lowest BCUT2D eigenvalue weighted by atomic mass is 9.72. The molecule has 0 aliphatic heterocycles. The summed E-state index contributed by atoms with van der Waals surface area (Å²) in [5.74, 6) is 2.43. The Balaban J connectivity index is 2.17. The highest BCUT2D eigenvalue weighted by Crippen LogP contribution is 2.40. The Bertz CT molecular complexity index is 332. The van der Waals surface area contributed by atoms with Crippen molar-refractivity contribution in [3.63, 3.8) is 0 Å². The van der Waals surface area contributed by atoms with Crippen molar-refractivity contribution in [2.24, 2.45) is 11.8 Å². The Labute approximate surface area is 92.7 Å². The van der Waals surface area contributed by atoms with Crippen molar-refractivity contribution >= 4 is 5.69 Å². The summed E-state index contributed by atoms with van der Waals surface area (Å²) in [5, 5.41) is 0. The molecule has 1 heteroatoms. The van der Waals surface area contributed by atoms with Gasteiger partial charge in [-0.05, 0) is 48.3 Å². The molecule has 0 amide bonds. The Morgan fingerprint density at radius 3 is 2.67 bits per heavy atom. The minimum absolute atomic E-state index is 0.727. The van der Waals surface area contributed by atoms with Crippen molar-refractivity contribution in [2.75, 3.05) is 5.73 Å². The van der Waals surface area contributed by atoms with Crippen LogP contribution in [0.15, 0.2) is 24.3 Å². The molecule has 1 aliphatic rings. The van der Waals surface area contributed by atoms with Gasteiger partial charge >= 0.3 is 0 Å². The Morgan fingerprint density at radius 1 is 1.20 bits per heavy atom. The molecule has 1 aromatic carbocycles. The molecule has 82 valence electrons. The zero-order valence-electron chi connectivity index (χ0n) is 9.74. The maximum absolute atomic E-state index is 5.84. The molecular weight excluding hydrogens is 182 g/mol. The highest BCUT2D eigenvalue weighted by Gasteiger charge is 2.26. The van der Waals surface area contributed by atoms with E-state index in [2.05, 4.69) is 32.0 Å². The summed E-state index contributed by atoms with van der Waals surface area (Å²) in [6.07, 6.45) is 4.05. The average molecular weight is 203 g/mol. The normalized spacial score (nSPS) is 31.5. The van der Waals surface area contributed by atoms with Crippen molar-refractivity contribution in [3.8, 4) is 0 Å². The molecule has 0 bridgehead atoms. The molecule has 0 unspecified atom stereocenters. The fourth-order valence-corrected chi connectivity index (χ4v) is 2.95. The molecule has 1 aromatic rings. The van der Waals surface area contributed by atoms with E-state index < -0.39 is 0 Å². The van der Waals surface area contributed by atoms with Crippen LogP contribution in [0.3, 0.4) is 0 Å². The third kappa shape index (κ3) is 2.34. The first-order valence-electron chi connectivity index (χ1n) is 6.02. The Morgan fingerprint density at radius 2 is 2.00 bits per heavy atom. The van der Waals surface area contributed by atoms with E-state index in [-0.39, 0.29) is 0 Å². The number of hydrogen-bond acceptors (Lipinski definition) is 1. The minimum Gasteiger partial charge on any atom is -0.399 e. The maximum atomic E-state index is 5.84. The molecule has 0 spiro atoms. The zero-order chi connectivity index (χ0) is 10.8. The van der Waals surface area contributed by atoms with E-state index in [1.807, 2.05) is 6.07 Å². The summed E-state index contributed by atoms with van der Waals surface area (Å²) in [6.45, 7) is 4.75. The van der Waals surface area contributed by atoms with E-state index in [0.29, 0.717) is 0 Å². The van der Waals surface area contributed by atoms with E-state index >= 15 is 0 Å². The van der Waals surface area contributed by atoms with E-state index in [1.54, 1.807) is 0 Å². The van der Waals surface area contributed by atoms with Gasteiger partial charge in [-0.1, -0.05) is 32.4 Å². The minimum atomic E-state index is 0.727. The van der Waals surface area contributed by atoms with Gasteiger partial charge in [0.2, 0.25) is 0 Å².